The van der Waals surface area contributed by atoms with E-state index in [-0.39, 0.29) is 37.0 Å². The van der Waals surface area contributed by atoms with Crippen molar-refractivity contribution in [3.63, 3.8) is 0 Å². The molecular formula is C28H31F6N3O2. The second-order valence-corrected chi connectivity index (χ2v) is 10.2. The Morgan fingerprint density at radius 1 is 0.923 bits per heavy atom. The van der Waals surface area contributed by atoms with Crippen LogP contribution in [-0.4, -0.2) is 66.3 Å². The van der Waals surface area contributed by atoms with Gasteiger partial charge in [-0.3, -0.25) is 14.5 Å². The largest absolute Gasteiger partial charge is 0.416 e. The van der Waals surface area contributed by atoms with E-state index in [1.54, 1.807) is 4.90 Å². The van der Waals surface area contributed by atoms with Gasteiger partial charge in [0, 0.05) is 44.7 Å². The summed E-state index contributed by atoms with van der Waals surface area (Å²) < 4.78 is 81.6. The van der Waals surface area contributed by atoms with Crippen molar-refractivity contribution in [1.82, 2.24) is 15.1 Å². The van der Waals surface area contributed by atoms with Crippen LogP contribution in [0.25, 0.3) is 0 Å². The molecule has 3 atom stereocenters. The predicted octanol–water partition coefficient (Wildman–Crippen LogP) is 5.05. The molecule has 0 radical (unpaired) electrons. The van der Waals surface area contributed by atoms with E-state index in [0.29, 0.717) is 51.0 Å². The third kappa shape index (κ3) is 7.00. The molecule has 0 spiro atoms. The highest BCUT2D eigenvalue weighted by molar-refractivity contribution is 6.01. The quantitative estimate of drug-likeness (QED) is 0.401. The van der Waals surface area contributed by atoms with Gasteiger partial charge in [-0.25, -0.2) is 0 Å². The van der Waals surface area contributed by atoms with Gasteiger partial charge in [0.2, 0.25) is 5.91 Å². The van der Waals surface area contributed by atoms with Crippen LogP contribution in [0.3, 0.4) is 0 Å². The van der Waals surface area contributed by atoms with Crippen LogP contribution in [0.4, 0.5) is 26.3 Å². The molecule has 0 bridgehead atoms. The maximum atomic E-state index is 14.0. The molecule has 5 nitrogen and oxygen atoms in total. The Kier molecular flexibility index (Phi) is 8.70. The average molecular weight is 556 g/mol. The minimum atomic E-state index is -5.05. The lowest BCUT2D eigenvalue weighted by Crippen LogP contribution is -2.60. The van der Waals surface area contributed by atoms with Crippen molar-refractivity contribution in [2.45, 2.75) is 50.6 Å². The second kappa shape index (κ2) is 11.7. The Balaban J connectivity index is 1.74. The predicted molar refractivity (Wildman–Crippen MR) is 133 cm³/mol. The van der Waals surface area contributed by atoms with Crippen molar-refractivity contribution in [2.75, 3.05) is 32.7 Å². The van der Waals surface area contributed by atoms with Crippen LogP contribution < -0.4 is 5.32 Å². The molecular weight excluding hydrogens is 524 g/mol. The van der Waals surface area contributed by atoms with E-state index in [2.05, 4.69) is 5.32 Å². The van der Waals surface area contributed by atoms with Crippen LogP contribution in [0.5, 0.6) is 0 Å². The number of Topliss-reactive ketones (excluding diaryl/α,β-unsaturated/α-hetero) is 1. The van der Waals surface area contributed by atoms with Gasteiger partial charge in [0.15, 0.2) is 5.78 Å². The maximum absolute atomic E-state index is 14.0. The Hall–Kier alpha value is -2.92. The number of halogens is 6. The molecule has 2 aromatic carbocycles. The Bertz CT molecular complexity index is 1130. The van der Waals surface area contributed by atoms with Crippen LogP contribution in [0.15, 0.2) is 48.5 Å². The molecule has 2 aromatic rings. The number of benzene rings is 2. The van der Waals surface area contributed by atoms with Crippen molar-refractivity contribution in [1.29, 1.82) is 0 Å². The zero-order valence-electron chi connectivity index (χ0n) is 21.5. The van der Waals surface area contributed by atoms with Gasteiger partial charge >= 0.3 is 12.4 Å². The first kappa shape index (κ1) is 29.1. The summed E-state index contributed by atoms with van der Waals surface area (Å²) in [4.78, 5) is 29.3. The van der Waals surface area contributed by atoms with Gasteiger partial charge in [-0.2, -0.15) is 26.3 Å². The van der Waals surface area contributed by atoms with Crippen molar-refractivity contribution in [3.05, 3.63) is 70.8 Å². The summed E-state index contributed by atoms with van der Waals surface area (Å²) in [6.07, 6.45) is -8.26. The lowest BCUT2D eigenvalue weighted by Gasteiger charge is -2.45. The standard InChI is InChI=1S/C28H31F6N3O2/c1-18(38)36-10-12-37(13-11-36)25(23-8-5-9-35-24(23)14-19-6-3-2-4-7-19)26(39)20-15-21(27(29,30)31)17-22(16-20)28(32,33)34/h2-4,6-7,15-17,23-25,35H,5,8-14H2,1H3. The van der Waals surface area contributed by atoms with Gasteiger partial charge in [0.05, 0.1) is 17.2 Å². The highest BCUT2D eigenvalue weighted by Crippen LogP contribution is 2.38. The highest BCUT2D eigenvalue weighted by Gasteiger charge is 2.43. The Labute approximate surface area is 223 Å². The van der Waals surface area contributed by atoms with Crippen LogP contribution in [-0.2, 0) is 23.6 Å². The van der Waals surface area contributed by atoms with E-state index in [4.69, 9.17) is 0 Å². The lowest BCUT2D eigenvalue weighted by atomic mass is 9.77. The van der Waals surface area contributed by atoms with Crippen LogP contribution in [0.2, 0.25) is 0 Å². The molecule has 2 fully saturated rings. The minimum Gasteiger partial charge on any atom is -0.340 e. The molecule has 1 N–H and O–H groups in total. The second-order valence-electron chi connectivity index (χ2n) is 10.2. The van der Waals surface area contributed by atoms with E-state index in [9.17, 15) is 35.9 Å². The molecule has 0 saturated carbocycles. The van der Waals surface area contributed by atoms with Gasteiger partial charge < -0.3 is 10.2 Å². The smallest absolute Gasteiger partial charge is 0.340 e. The molecule has 2 saturated heterocycles. The summed E-state index contributed by atoms with van der Waals surface area (Å²) in [5.41, 5.74) is -2.63. The molecule has 3 unspecified atom stereocenters. The van der Waals surface area contributed by atoms with Crippen LogP contribution in [0, 0.1) is 5.92 Å². The average Bonchev–Trinajstić information content (AvgIpc) is 2.89. The van der Waals surface area contributed by atoms with Gasteiger partial charge in [-0.15, -0.1) is 0 Å². The maximum Gasteiger partial charge on any atom is 0.416 e. The Morgan fingerprint density at radius 2 is 1.51 bits per heavy atom. The van der Waals surface area contributed by atoms with Gasteiger partial charge in [-0.05, 0) is 55.5 Å². The highest BCUT2D eigenvalue weighted by atomic mass is 19.4. The molecule has 2 heterocycles. The van der Waals surface area contributed by atoms with E-state index in [1.165, 1.54) is 6.92 Å². The van der Waals surface area contributed by atoms with Crippen molar-refractivity contribution >= 4 is 11.7 Å². The number of hydrogen-bond donors (Lipinski definition) is 1. The van der Waals surface area contributed by atoms with E-state index < -0.39 is 40.9 Å². The fourth-order valence-electron chi connectivity index (χ4n) is 5.66. The molecule has 11 heteroatoms. The first-order chi connectivity index (χ1) is 18.3. The van der Waals surface area contributed by atoms with Crippen molar-refractivity contribution < 1.29 is 35.9 Å². The molecule has 2 aliphatic heterocycles. The van der Waals surface area contributed by atoms with Crippen LogP contribution >= 0.6 is 0 Å². The summed E-state index contributed by atoms with van der Waals surface area (Å²) in [6.45, 7) is 3.33. The number of piperazine rings is 1. The number of ketones is 1. The Morgan fingerprint density at radius 3 is 2.05 bits per heavy atom. The molecule has 2 aliphatic rings. The normalized spacial score (nSPS) is 22.0. The molecule has 1 amide bonds. The summed E-state index contributed by atoms with van der Waals surface area (Å²) in [5.74, 6) is -1.26. The first-order valence-electron chi connectivity index (χ1n) is 12.9. The number of carbonyl (C=O) groups is 2. The molecule has 212 valence electrons. The minimum absolute atomic E-state index is 0.0395. The SMILES string of the molecule is CC(=O)N1CCN(C(C(=O)c2cc(C(F)(F)F)cc(C(F)(F)F)c2)C2CCCNC2Cc2ccccc2)CC1. The third-order valence-electron chi connectivity index (χ3n) is 7.64. The zero-order valence-corrected chi connectivity index (χ0v) is 21.5. The summed E-state index contributed by atoms with van der Waals surface area (Å²) in [5, 5.41) is 3.44. The third-order valence-corrected chi connectivity index (χ3v) is 7.64. The van der Waals surface area contributed by atoms with E-state index in [1.807, 2.05) is 35.2 Å². The molecule has 0 aliphatic carbocycles. The van der Waals surface area contributed by atoms with Crippen molar-refractivity contribution in [3.8, 4) is 0 Å². The number of alkyl halides is 6. The zero-order chi connectivity index (χ0) is 28.4. The number of piperidine rings is 1. The lowest BCUT2D eigenvalue weighted by molar-refractivity contribution is -0.143. The number of amides is 1. The summed E-state index contributed by atoms with van der Waals surface area (Å²) >= 11 is 0. The number of rotatable bonds is 6. The number of carbonyl (C=O) groups excluding carboxylic acids is 2. The topological polar surface area (TPSA) is 52.7 Å². The van der Waals surface area contributed by atoms with Gasteiger partial charge in [-0.1, -0.05) is 30.3 Å². The first-order valence-corrected chi connectivity index (χ1v) is 12.9. The van der Waals surface area contributed by atoms with Gasteiger partial charge in [0.1, 0.15) is 0 Å². The van der Waals surface area contributed by atoms with E-state index in [0.717, 1.165) is 5.56 Å². The fraction of sp³-hybridized carbons (Fsp3) is 0.500. The van der Waals surface area contributed by atoms with Crippen molar-refractivity contribution in [2.24, 2.45) is 5.92 Å². The molecule has 4 rings (SSSR count). The summed E-state index contributed by atoms with van der Waals surface area (Å²) in [6, 6.07) is 9.46. The van der Waals surface area contributed by atoms with Gasteiger partial charge in [0.25, 0.3) is 0 Å². The number of nitrogens with one attached hydrogen (secondary N) is 1. The monoisotopic (exact) mass is 555 g/mol. The number of nitrogens with zero attached hydrogens (tertiary/aromatic N) is 2. The van der Waals surface area contributed by atoms with E-state index >= 15 is 0 Å². The molecule has 0 aromatic heterocycles. The number of hydrogen-bond acceptors (Lipinski definition) is 4. The fourth-order valence-corrected chi connectivity index (χ4v) is 5.66. The van der Waals surface area contributed by atoms with Crippen LogP contribution in [0.1, 0.15) is 46.8 Å². The summed E-state index contributed by atoms with van der Waals surface area (Å²) in [7, 11) is 0. The molecule has 39 heavy (non-hydrogen) atoms.